The largest absolute Gasteiger partial charge is 0.493 e. The number of hydrogen-bond acceptors (Lipinski definition) is 7. The van der Waals surface area contributed by atoms with Crippen molar-refractivity contribution in [2.24, 2.45) is 0 Å². The van der Waals surface area contributed by atoms with Crippen molar-refractivity contribution in [3.8, 4) is 17.2 Å². The van der Waals surface area contributed by atoms with Gasteiger partial charge in [-0.15, -0.1) is 0 Å². The number of halogens is 1. The van der Waals surface area contributed by atoms with Crippen molar-refractivity contribution < 1.29 is 23.4 Å². The highest BCUT2D eigenvalue weighted by Gasteiger charge is 2.44. The summed E-state index contributed by atoms with van der Waals surface area (Å²) in [7, 11) is 0. The van der Waals surface area contributed by atoms with Crippen molar-refractivity contribution in [3.05, 3.63) is 107 Å². The maximum Gasteiger partial charge on any atom is 0.251 e. The lowest BCUT2D eigenvalue weighted by Crippen LogP contribution is -2.50. The molecule has 1 aliphatic heterocycles. The van der Waals surface area contributed by atoms with Gasteiger partial charge in [0.05, 0.1) is 24.9 Å². The predicted octanol–water partition coefficient (Wildman–Crippen LogP) is 6.41. The van der Waals surface area contributed by atoms with Gasteiger partial charge in [0.1, 0.15) is 17.8 Å². The summed E-state index contributed by atoms with van der Waals surface area (Å²) < 4.78 is 26.5. The van der Waals surface area contributed by atoms with E-state index in [9.17, 15) is 14.3 Å². The Balaban J connectivity index is 1.30. The first-order chi connectivity index (χ1) is 23.3. The number of oxazole rings is 1. The summed E-state index contributed by atoms with van der Waals surface area (Å²) in [5.74, 6) is 0.145. The number of aromatic nitrogens is 1. The highest BCUT2D eigenvalue weighted by atomic mass is 19.1. The number of aliphatic hydroxyl groups is 1. The lowest BCUT2D eigenvalue weighted by atomic mass is 9.97. The third kappa shape index (κ3) is 8.50. The smallest absolute Gasteiger partial charge is 0.251 e. The highest BCUT2D eigenvalue weighted by Crippen LogP contribution is 2.45. The Hall–Kier alpha value is -4.05. The molecule has 48 heavy (non-hydrogen) atoms. The summed E-state index contributed by atoms with van der Waals surface area (Å²) in [5.41, 5.74) is 5.06. The lowest BCUT2D eigenvalue weighted by molar-refractivity contribution is 0.0822. The molecule has 3 aromatic carbocycles. The molecule has 9 heteroatoms. The molecule has 0 saturated heterocycles. The molecule has 1 amide bonds. The predicted molar refractivity (Wildman–Crippen MR) is 184 cm³/mol. The van der Waals surface area contributed by atoms with E-state index >= 15 is 0 Å². The van der Waals surface area contributed by atoms with E-state index in [0.29, 0.717) is 41.5 Å². The Morgan fingerprint density at radius 3 is 2.71 bits per heavy atom. The molecule has 3 N–H and O–H groups in total. The number of hydrogen-bond donors (Lipinski definition) is 3. The van der Waals surface area contributed by atoms with Crippen molar-refractivity contribution in [2.45, 2.75) is 83.0 Å². The second kappa shape index (κ2) is 15.4. The zero-order valence-corrected chi connectivity index (χ0v) is 28.0. The van der Waals surface area contributed by atoms with Crippen molar-refractivity contribution >= 4 is 5.91 Å². The number of amides is 1. The van der Waals surface area contributed by atoms with Crippen molar-refractivity contribution in [1.82, 2.24) is 20.5 Å². The molecule has 254 valence electrons. The van der Waals surface area contributed by atoms with Crippen LogP contribution in [0.3, 0.4) is 0 Å². The quantitative estimate of drug-likeness (QED) is 0.192. The van der Waals surface area contributed by atoms with E-state index in [4.69, 9.17) is 9.15 Å². The third-order valence-electron chi connectivity index (χ3n) is 9.47. The number of fused-ring (bicyclic) bond motifs is 4. The maximum atomic E-state index is 14.9. The molecule has 8 nitrogen and oxygen atoms in total. The van der Waals surface area contributed by atoms with E-state index in [1.165, 1.54) is 29.5 Å². The fraction of sp³-hybridized carbons (Fsp3) is 0.436. The number of rotatable bonds is 9. The molecule has 6 rings (SSSR count). The zero-order chi connectivity index (χ0) is 33.5. The van der Waals surface area contributed by atoms with Gasteiger partial charge in [-0.3, -0.25) is 9.69 Å². The van der Waals surface area contributed by atoms with Crippen LogP contribution < -0.4 is 15.4 Å². The molecule has 1 fully saturated rings. The number of aliphatic hydroxyl groups excluding tert-OH is 1. The molecule has 4 bridgehead atoms. The summed E-state index contributed by atoms with van der Waals surface area (Å²) in [6, 6.07) is 18.2. The van der Waals surface area contributed by atoms with Crippen LogP contribution in [0.2, 0.25) is 0 Å². The van der Waals surface area contributed by atoms with E-state index in [1.807, 2.05) is 18.2 Å². The first-order valence-corrected chi connectivity index (χ1v) is 17.4. The summed E-state index contributed by atoms with van der Waals surface area (Å²) in [4.78, 5) is 20.8. The fourth-order valence-corrected chi connectivity index (χ4v) is 6.71. The van der Waals surface area contributed by atoms with Gasteiger partial charge in [-0.1, -0.05) is 38.1 Å². The molecule has 2 atom stereocenters. The van der Waals surface area contributed by atoms with Crippen LogP contribution >= 0.6 is 0 Å². The maximum absolute atomic E-state index is 14.9. The molecular weight excluding hydrogens is 607 g/mol. The van der Waals surface area contributed by atoms with Gasteiger partial charge < -0.3 is 24.9 Å². The lowest BCUT2D eigenvalue weighted by Gasteiger charge is -2.28. The first-order valence-electron chi connectivity index (χ1n) is 17.4. The third-order valence-corrected chi connectivity index (χ3v) is 9.47. The minimum atomic E-state index is -0.954. The van der Waals surface area contributed by atoms with Gasteiger partial charge in [-0.05, 0) is 111 Å². The van der Waals surface area contributed by atoms with E-state index in [-0.39, 0.29) is 24.4 Å². The zero-order valence-electron chi connectivity index (χ0n) is 28.0. The molecular formula is C39H47FN4O4. The van der Waals surface area contributed by atoms with E-state index in [1.54, 1.807) is 12.3 Å². The Kier molecular flexibility index (Phi) is 10.9. The number of carbonyl (C=O) groups excluding carboxylic acids is 1. The van der Waals surface area contributed by atoms with Crippen molar-refractivity contribution in [3.63, 3.8) is 0 Å². The summed E-state index contributed by atoms with van der Waals surface area (Å²) in [6.07, 6.45) is 8.01. The van der Waals surface area contributed by atoms with Crippen molar-refractivity contribution in [2.75, 3.05) is 26.2 Å². The molecule has 4 aromatic rings. The molecule has 2 unspecified atom stereocenters. The van der Waals surface area contributed by atoms with Gasteiger partial charge in [-0.2, -0.15) is 0 Å². The molecule has 1 aliphatic carbocycles. The molecule has 0 spiro atoms. The standard InChI is InChI=1S/C39H47FN4O4/c1-3-13-44-14-5-6-15-47-34-21-28(20-33(40)24-34)22-35(36(45)25-42-39(10-11-39)32-9-7-8-27(4-2)19-32)43-37(46)30-17-29(26-44)18-31(23-30)38-41-12-16-48-38/h7-9,12,16-21,23-24,35-36,42,45H,3-6,10-11,13-15,22,25-26H2,1-2H3,(H,43,46). The van der Waals surface area contributed by atoms with Gasteiger partial charge >= 0.3 is 0 Å². The number of carbonyl (C=O) groups is 1. The first kappa shape index (κ1) is 33.8. The number of nitrogens with zero attached hydrogens (tertiary/aromatic N) is 2. The molecule has 2 aliphatic rings. The van der Waals surface area contributed by atoms with E-state index in [0.717, 1.165) is 57.2 Å². The SMILES string of the molecule is CCCN1CCCCOc2cc(F)cc(c2)CC(C(O)CNC2(c3cccc(CC)c3)CC2)NC(=O)c2cc(cc(-c3ncco3)c2)C1. The molecule has 2 heterocycles. The number of ether oxygens (including phenoxy) is 1. The fourth-order valence-electron chi connectivity index (χ4n) is 6.71. The van der Waals surface area contributed by atoms with Crippen LogP contribution in [0.15, 0.2) is 77.5 Å². The normalized spacial score (nSPS) is 19.2. The van der Waals surface area contributed by atoms with Crippen LogP contribution in [0.4, 0.5) is 4.39 Å². The second-order valence-corrected chi connectivity index (χ2v) is 13.3. The Morgan fingerprint density at radius 1 is 1.08 bits per heavy atom. The molecule has 1 saturated carbocycles. The number of aryl methyl sites for hydroxylation is 1. The Labute approximate surface area is 282 Å². The number of benzene rings is 3. The van der Waals surface area contributed by atoms with E-state index < -0.39 is 18.0 Å². The van der Waals surface area contributed by atoms with Gasteiger partial charge in [0.15, 0.2) is 0 Å². The molecule has 1 aromatic heterocycles. The molecule has 0 radical (unpaired) electrons. The average molecular weight is 655 g/mol. The van der Waals surface area contributed by atoms with Crippen LogP contribution in [0.5, 0.6) is 5.75 Å². The second-order valence-electron chi connectivity index (χ2n) is 13.3. The minimum absolute atomic E-state index is 0.198. The van der Waals surface area contributed by atoms with Crippen LogP contribution in [-0.2, 0) is 24.9 Å². The summed E-state index contributed by atoms with van der Waals surface area (Å²) >= 11 is 0. The average Bonchev–Trinajstić information content (AvgIpc) is 3.68. The monoisotopic (exact) mass is 654 g/mol. The highest BCUT2D eigenvalue weighted by molar-refractivity contribution is 5.95. The van der Waals surface area contributed by atoms with Gasteiger partial charge in [0.25, 0.3) is 5.91 Å². The van der Waals surface area contributed by atoms with E-state index in [2.05, 4.69) is 58.6 Å². The Bertz CT molecular complexity index is 1670. The van der Waals surface area contributed by atoms with Crippen LogP contribution in [0, 0.1) is 5.82 Å². The van der Waals surface area contributed by atoms with Gasteiger partial charge in [-0.25, -0.2) is 9.37 Å². The van der Waals surface area contributed by atoms with Crippen LogP contribution in [-0.4, -0.2) is 59.3 Å². The van der Waals surface area contributed by atoms with Crippen molar-refractivity contribution in [1.29, 1.82) is 0 Å². The van der Waals surface area contributed by atoms with Gasteiger partial charge in [0, 0.05) is 35.8 Å². The van der Waals surface area contributed by atoms with Gasteiger partial charge in [0.2, 0.25) is 5.89 Å². The minimum Gasteiger partial charge on any atom is -0.493 e. The number of nitrogens with one attached hydrogen (secondary N) is 2. The van der Waals surface area contributed by atoms with Crippen LogP contribution in [0.25, 0.3) is 11.5 Å². The Morgan fingerprint density at radius 2 is 1.94 bits per heavy atom. The summed E-state index contributed by atoms with van der Waals surface area (Å²) in [6.45, 7) is 7.46. The van der Waals surface area contributed by atoms with Crippen LogP contribution in [0.1, 0.15) is 78.6 Å². The topological polar surface area (TPSA) is 99.9 Å². The summed E-state index contributed by atoms with van der Waals surface area (Å²) in [5, 5.41) is 18.4.